The summed E-state index contributed by atoms with van der Waals surface area (Å²) in [6, 6.07) is 0. The van der Waals surface area contributed by atoms with E-state index in [1.807, 2.05) is 0 Å². The number of nitrogens with one attached hydrogen (secondary N) is 2. The standard InChI is InChI=1S/C40H78N4O4/c1-5-7-9-11-16-22-29-38(30-23-17-12-10-8-6-2)48-39(47)31-24-18-15-20-26-34-44(33-25-19-13-14-21-27-36-45)35-28-32-42-40(41-4)43-37(3)46/h36,38H,5-35H2,1-4H3,(H2,41,42,43,46). The van der Waals surface area contributed by atoms with Gasteiger partial charge in [0.25, 0.3) is 0 Å². The highest BCUT2D eigenvalue weighted by Crippen LogP contribution is 2.18. The number of hydrogen-bond acceptors (Lipinski definition) is 6. The third-order valence-electron chi connectivity index (χ3n) is 9.17. The minimum absolute atomic E-state index is 0.0117. The average molecular weight is 679 g/mol. The van der Waals surface area contributed by atoms with Crippen molar-refractivity contribution in [3.05, 3.63) is 0 Å². The minimum Gasteiger partial charge on any atom is -0.462 e. The van der Waals surface area contributed by atoms with Crippen LogP contribution in [0.3, 0.4) is 0 Å². The molecule has 0 rings (SSSR count). The first kappa shape index (κ1) is 46.0. The van der Waals surface area contributed by atoms with E-state index in [9.17, 15) is 14.4 Å². The summed E-state index contributed by atoms with van der Waals surface area (Å²) in [4.78, 5) is 41.3. The van der Waals surface area contributed by atoms with Gasteiger partial charge in [0.2, 0.25) is 5.91 Å². The zero-order chi connectivity index (χ0) is 35.3. The quantitative estimate of drug-likeness (QED) is 0.0228. The van der Waals surface area contributed by atoms with Crippen molar-refractivity contribution in [2.45, 2.75) is 200 Å². The Morgan fingerprint density at radius 2 is 1.15 bits per heavy atom. The van der Waals surface area contributed by atoms with Crippen molar-refractivity contribution in [3.63, 3.8) is 0 Å². The third kappa shape index (κ3) is 32.6. The Morgan fingerprint density at radius 3 is 1.67 bits per heavy atom. The molecule has 0 heterocycles. The normalized spacial score (nSPS) is 11.8. The largest absolute Gasteiger partial charge is 0.462 e. The van der Waals surface area contributed by atoms with E-state index in [1.54, 1.807) is 7.05 Å². The lowest BCUT2D eigenvalue weighted by molar-refractivity contribution is -0.150. The summed E-state index contributed by atoms with van der Waals surface area (Å²) in [6.45, 7) is 9.97. The van der Waals surface area contributed by atoms with Gasteiger partial charge in [0.1, 0.15) is 12.4 Å². The molecule has 2 N–H and O–H groups in total. The number of carbonyl (C=O) groups is 3. The zero-order valence-corrected chi connectivity index (χ0v) is 32.1. The number of amides is 1. The summed E-state index contributed by atoms with van der Waals surface area (Å²) in [6.07, 6.45) is 32.0. The first-order valence-corrected chi connectivity index (χ1v) is 20.3. The predicted octanol–water partition coefficient (Wildman–Crippen LogP) is 9.68. The summed E-state index contributed by atoms with van der Waals surface area (Å²) in [7, 11) is 1.67. The van der Waals surface area contributed by atoms with E-state index in [1.165, 1.54) is 116 Å². The second-order valence-electron chi connectivity index (χ2n) is 13.8. The molecule has 0 aliphatic rings. The minimum atomic E-state index is -0.119. The molecule has 0 atom stereocenters. The molecule has 0 aromatic carbocycles. The van der Waals surface area contributed by atoms with E-state index in [2.05, 4.69) is 34.4 Å². The van der Waals surface area contributed by atoms with Gasteiger partial charge in [0.05, 0.1) is 0 Å². The van der Waals surface area contributed by atoms with Crippen LogP contribution in [0.15, 0.2) is 4.99 Å². The van der Waals surface area contributed by atoms with E-state index in [0.29, 0.717) is 18.8 Å². The number of guanidine groups is 1. The molecule has 48 heavy (non-hydrogen) atoms. The smallest absolute Gasteiger partial charge is 0.306 e. The first-order chi connectivity index (χ1) is 23.5. The van der Waals surface area contributed by atoms with Crippen molar-refractivity contribution in [1.29, 1.82) is 0 Å². The van der Waals surface area contributed by atoms with Crippen LogP contribution in [0, 0.1) is 0 Å². The summed E-state index contributed by atoms with van der Waals surface area (Å²) < 4.78 is 6.03. The molecular formula is C40H78N4O4. The van der Waals surface area contributed by atoms with Gasteiger partial charge in [-0.2, -0.15) is 0 Å². The fraction of sp³-hybridized carbons (Fsp3) is 0.900. The molecule has 0 aromatic heterocycles. The molecule has 1 amide bonds. The van der Waals surface area contributed by atoms with Crippen LogP contribution in [0.4, 0.5) is 0 Å². The van der Waals surface area contributed by atoms with Gasteiger partial charge >= 0.3 is 5.97 Å². The monoisotopic (exact) mass is 679 g/mol. The Kier molecular flexibility index (Phi) is 34.8. The van der Waals surface area contributed by atoms with Crippen molar-refractivity contribution >= 4 is 24.1 Å². The van der Waals surface area contributed by atoms with Crippen molar-refractivity contribution < 1.29 is 19.1 Å². The lowest BCUT2D eigenvalue weighted by atomic mass is 10.0. The van der Waals surface area contributed by atoms with Crippen LogP contribution in [0.25, 0.3) is 0 Å². The molecule has 0 aliphatic heterocycles. The maximum atomic E-state index is 12.7. The van der Waals surface area contributed by atoms with Gasteiger partial charge in [-0.05, 0) is 77.4 Å². The molecule has 0 radical (unpaired) electrons. The first-order valence-electron chi connectivity index (χ1n) is 20.3. The number of hydrogen-bond donors (Lipinski definition) is 2. The average Bonchev–Trinajstić information content (AvgIpc) is 3.07. The Balaban J connectivity index is 4.42. The van der Waals surface area contributed by atoms with Crippen molar-refractivity contribution in [1.82, 2.24) is 15.5 Å². The highest BCUT2D eigenvalue weighted by atomic mass is 16.5. The highest BCUT2D eigenvalue weighted by Gasteiger charge is 2.14. The number of carbonyl (C=O) groups excluding carboxylic acids is 3. The van der Waals surface area contributed by atoms with Crippen LogP contribution in [0.1, 0.15) is 194 Å². The maximum Gasteiger partial charge on any atom is 0.306 e. The molecule has 0 saturated carbocycles. The lowest BCUT2D eigenvalue weighted by Gasteiger charge is -2.22. The fourth-order valence-electron chi connectivity index (χ4n) is 6.23. The maximum absolute atomic E-state index is 12.7. The molecule has 8 heteroatoms. The molecule has 8 nitrogen and oxygen atoms in total. The molecule has 0 unspecified atom stereocenters. The van der Waals surface area contributed by atoms with Crippen LogP contribution in [0.5, 0.6) is 0 Å². The third-order valence-corrected chi connectivity index (χ3v) is 9.17. The summed E-state index contributed by atoms with van der Waals surface area (Å²) in [5.41, 5.74) is 0. The van der Waals surface area contributed by atoms with Crippen LogP contribution < -0.4 is 10.6 Å². The van der Waals surface area contributed by atoms with Gasteiger partial charge in [-0.15, -0.1) is 0 Å². The van der Waals surface area contributed by atoms with E-state index in [-0.39, 0.29) is 18.0 Å². The Bertz CT molecular complexity index is 760. The van der Waals surface area contributed by atoms with E-state index >= 15 is 0 Å². The van der Waals surface area contributed by atoms with Crippen LogP contribution >= 0.6 is 0 Å². The molecule has 0 fully saturated rings. The number of aldehydes is 1. The van der Waals surface area contributed by atoms with Crippen LogP contribution in [-0.2, 0) is 19.1 Å². The van der Waals surface area contributed by atoms with Gasteiger partial charge in [-0.1, -0.05) is 117 Å². The Labute approximate surface area is 296 Å². The van der Waals surface area contributed by atoms with Crippen LogP contribution in [-0.4, -0.2) is 68.4 Å². The van der Waals surface area contributed by atoms with E-state index in [4.69, 9.17) is 4.74 Å². The van der Waals surface area contributed by atoms with E-state index in [0.717, 1.165) is 83.8 Å². The van der Waals surface area contributed by atoms with Crippen molar-refractivity contribution in [3.8, 4) is 0 Å². The number of nitrogens with zero attached hydrogens (tertiary/aromatic N) is 2. The van der Waals surface area contributed by atoms with E-state index < -0.39 is 0 Å². The van der Waals surface area contributed by atoms with Crippen molar-refractivity contribution in [2.24, 2.45) is 4.99 Å². The molecule has 0 saturated heterocycles. The molecular weight excluding hydrogens is 600 g/mol. The molecule has 0 spiro atoms. The summed E-state index contributed by atoms with van der Waals surface area (Å²) in [5, 5.41) is 5.95. The van der Waals surface area contributed by atoms with Gasteiger partial charge in [-0.25, -0.2) is 0 Å². The highest BCUT2D eigenvalue weighted by molar-refractivity contribution is 5.95. The Morgan fingerprint density at radius 1 is 0.667 bits per heavy atom. The molecule has 0 aliphatic carbocycles. The molecule has 0 aromatic rings. The number of rotatable bonds is 35. The van der Waals surface area contributed by atoms with Crippen LogP contribution in [0.2, 0.25) is 0 Å². The predicted molar refractivity (Wildman–Crippen MR) is 204 cm³/mol. The van der Waals surface area contributed by atoms with Gasteiger partial charge in [0.15, 0.2) is 5.96 Å². The number of unbranched alkanes of at least 4 members (excludes halogenated alkanes) is 19. The van der Waals surface area contributed by atoms with Gasteiger partial charge in [-0.3, -0.25) is 19.9 Å². The topological polar surface area (TPSA) is 100 Å². The summed E-state index contributed by atoms with van der Waals surface area (Å²) >= 11 is 0. The van der Waals surface area contributed by atoms with Gasteiger partial charge < -0.3 is 19.7 Å². The zero-order valence-electron chi connectivity index (χ0n) is 32.1. The number of esters is 1. The molecule has 0 bridgehead atoms. The molecule has 282 valence electrons. The SMILES string of the molecule is CCCCCCCCC(CCCCCCCC)OC(=O)CCCCCCCN(CCCCCCCC=O)CCCNC(=NC)NC(C)=O. The van der Waals surface area contributed by atoms with Gasteiger partial charge in [0, 0.05) is 33.4 Å². The number of aliphatic imine (C=N–C) groups is 1. The second kappa shape index (κ2) is 36.3. The second-order valence-corrected chi connectivity index (χ2v) is 13.8. The number of ether oxygens (including phenoxy) is 1. The fourth-order valence-corrected chi connectivity index (χ4v) is 6.23. The summed E-state index contributed by atoms with van der Waals surface area (Å²) in [5.74, 6) is 0.419. The lowest BCUT2D eigenvalue weighted by Crippen LogP contribution is -2.41. The van der Waals surface area contributed by atoms with Crippen molar-refractivity contribution in [2.75, 3.05) is 33.2 Å². The Hall–Kier alpha value is -1.96.